The second-order valence-corrected chi connectivity index (χ2v) is 7.70. The van der Waals surface area contributed by atoms with E-state index >= 15 is 0 Å². The predicted octanol–water partition coefficient (Wildman–Crippen LogP) is 2.03. The van der Waals surface area contributed by atoms with Crippen LogP contribution in [0.3, 0.4) is 0 Å². The molecule has 1 atom stereocenters. The molecule has 26 heavy (non-hydrogen) atoms. The summed E-state index contributed by atoms with van der Waals surface area (Å²) in [4.78, 5) is 29.4. The number of carbonyl (C=O) groups excluding carboxylic acids is 2. The van der Waals surface area contributed by atoms with Crippen molar-refractivity contribution in [1.29, 1.82) is 0 Å². The quantitative estimate of drug-likeness (QED) is 0.815. The molecule has 5 nitrogen and oxygen atoms in total. The van der Waals surface area contributed by atoms with E-state index in [2.05, 4.69) is 24.3 Å². The zero-order valence-corrected chi connectivity index (χ0v) is 15.4. The van der Waals surface area contributed by atoms with Gasteiger partial charge in [0.1, 0.15) is 6.10 Å². The van der Waals surface area contributed by atoms with Crippen LogP contribution in [-0.4, -0.2) is 60.5 Å². The molecule has 1 unspecified atom stereocenters. The fourth-order valence-corrected chi connectivity index (χ4v) is 4.47. The Morgan fingerprint density at radius 3 is 2.04 bits per heavy atom. The second-order valence-electron chi connectivity index (χ2n) is 7.70. The molecule has 2 saturated heterocycles. The molecule has 3 aliphatic rings. The van der Waals surface area contributed by atoms with Crippen LogP contribution >= 0.6 is 0 Å². The van der Waals surface area contributed by atoms with E-state index in [4.69, 9.17) is 4.74 Å². The molecular weight excluding hydrogens is 328 g/mol. The highest BCUT2D eigenvalue weighted by Crippen LogP contribution is 2.24. The molecule has 1 aromatic carbocycles. The summed E-state index contributed by atoms with van der Waals surface area (Å²) >= 11 is 0. The molecule has 2 amide bonds. The van der Waals surface area contributed by atoms with Crippen molar-refractivity contribution in [3.63, 3.8) is 0 Å². The first-order chi connectivity index (χ1) is 12.7. The highest BCUT2D eigenvalue weighted by Gasteiger charge is 2.34. The van der Waals surface area contributed by atoms with Crippen LogP contribution in [-0.2, 0) is 27.2 Å². The van der Waals surface area contributed by atoms with Gasteiger partial charge in [0.25, 0.3) is 5.91 Å². The molecule has 0 saturated carbocycles. The van der Waals surface area contributed by atoms with Gasteiger partial charge in [-0.1, -0.05) is 24.3 Å². The third-order valence-corrected chi connectivity index (χ3v) is 6.09. The molecule has 0 aliphatic carbocycles. The number of rotatable bonds is 2. The summed E-state index contributed by atoms with van der Waals surface area (Å²) in [6.07, 6.45) is 5.01. The van der Waals surface area contributed by atoms with Gasteiger partial charge in [0.05, 0.1) is 0 Å². The molecule has 2 fully saturated rings. The Hall–Kier alpha value is -1.88. The summed E-state index contributed by atoms with van der Waals surface area (Å²) in [7, 11) is 0. The maximum atomic E-state index is 13.0. The third kappa shape index (κ3) is 3.63. The predicted molar refractivity (Wildman–Crippen MR) is 98.7 cm³/mol. The van der Waals surface area contributed by atoms with Crippen molar-refractivity contribution in [2.75, 3.05) is 32.8 Å². The Balaban J connectivity index is 1.30. The largest absolute Gasteiger partial charge is 0.368 e. The highest BCUT2D eigenvalue weighted by molar-refractivity contribution is 5.82. The monoisotopic (exact) mass is 356 g/mol. The van der Waals surface area contributed by atoms with E-state index in [1.807, 2.05) is 9.80 Å². The number of likely N-dealkylation sites (tertiary alicyclic amines) is 1. The lowest BCUT2D eigenvalue weighted by atomic mass is 9.94. The molecule has 0 N–H and O–H groups in total. The number of hydrogen-bond acceptors (Lipinski definition) is 3. The number of carbonyl (C=O) groups is 2. The highest BCUT2D eigenvalue weighted by atomic mass is 16.5. The number of nitrogens with zero attached hydrogens (tertiary/aromatic N) is 2. The van der Waals surface area contributed by atoms with Crippen molar-refractivity contribution in [1.82, 2.24) is 9.80 Å². The van der Waals surface area contributed by atoms with Crippen LogP contribution < -0.4 is 0 Å². The Morgan fingerprint density at radius 2 is 1.46 bits per heavy atom. The zero-order chi connectivity index (χ0) is 17.9. The smallest absolute Gasteiger partial charge is 0.251 e. The van der Waals surface area contributed by atoms with Crippen LogP contribution in [0.1, 0.15) is 36.8 Å². The summed E-state index contributed by atoms with van der Waals surface area (Å²) in [5, 5.41) is 0. The first kappa shape index (κ1) is 17.5. The van der Waals surface area contributed by atoms with Crippen molar-refractivity contribution in [2.45, 2.75) is 44.6 Å². The van der Waals surface area contributed by atoms with Gasteiger partial charge in [-0.15, -0.1) is 0 Å². The molecular formula is C21H28N2O3. The Morgan fingerprint density at radius 1 is 0.846 bits per heavy atom. The van der Waals surface area contributed by atoms with Crippen molar-refractivity contribution in [2.24, 2.45) is 5.92 Å². The van der Waals surface area contributed by atoms with E-state index in [9.17, 15) is 9.59 Å². The van der Waals surface area contributed by atoms with Crippen LogP contribution in [0.15, 0.2) is 24.3 Å². The van der Waals surface area contributed by atoms with Crippen molar-refractivity contribution in [3.05, 3.63) is 35.4 Å². The van der Waals surface area contributed by atoms with Gasteiger partial charge in [-0.2, -0.15) is 0 Å². The number of piperidine rings is 1. The number of benzene rings is 1. The van der Waals surface area contributed by atoms with Gasteiger partial charge in [-0.3, -0.25) is 9.59 Å². The minimum absolute atomic E-state index is 0.0600. The maximum absolute atomic E-state index is 13.0. The van der Waals surface area contributed by atoms with Crippen LogP contribution in [0, 0.1) is 5.92 Å². The van der Waals surface area contributed by atoms with E-state index in [0.29, 0.717) is 19.7 Å². The van der Waals surface area contributed by atoms with Crippen molar-refractivity contribution in [3.8, 4) is 0 Å². The van der Waals surface area contributed by atoms with Gasteiger partial charge in [0.15, 0.2) is 0 Å². The fraction of sp³-hybridized carbons (Fsp3) is 0.619. The van der Waals surface area contributed by atoms with E-state index in [1.165, 1.54) is 11.1 Å². The van der Waals surface area contributed by atoms with Crippen molar-refractivity contribution < 1.29 is 14.3 Å². The average molecular weight is 356 g/mol. The van der Waals surface area contributed by atoms with Gasteiger partial charge < -0.3 is 14.5 Å². The minimum atomic E-state index is -0.244. The summed E-state index contributed by atoms with van der Waals surface area (Å²) in [5.41, 5.74) is 2.75. The lowest BCUT2D eigenvalue weighted by Gasteiger charge is -2.35. The molecule has 0 bridgehead atoms. The van der Waals surface area contributed by atoms with Gasteiger partial charge in [0.2, 0.25) is 5.91 Å². The maximum Gasteiger partial charge on any atom is 0.251 e. The Labute approximate surface area is 155 Å². The van der Waals surface area contributed by atoms with Crippen molar-refractivity contribution >= 4 is 11.8 Å². The normalized spacial score (nSPS) is 24.2. The number of ether oxygens (including phenoxy) is 1. The zero-order valence-electron chi connectivity index (χ0n) is 15.4. The lowest BCUT2D eigenvalue weighted by Crippen LogP contribution is -2.47. The first-order valence-corrected chi connectivity index (χ1v) is 9.98. The molecule has 0 aromatic heterocycles. The lowest BCUT2D eigenvalue weighted by molar-refractivity contribution is -0.145. The molecule has 140 valence electrons. The molecule has 0 radical (unpaired) electrons. The molecule has 3 heterocycles. The van der Waals surface area contributed by atoms with E-state index in [0.717, 1.165) is 51.6 Å². The molecule has 4 rings (SSSR count). The molecule has 3 aliphatic heterocycles. The fourth-order valence-electron chi connectivity index (χ4n) is 4.47. The van der Waals surface area contributed by atoms with Crippen LogP contribution in [0.2, 0.25) is 0 Å². The van der Waals surface area contributed by atoms with Gasteiger partial charge in [-0.25, -0.2) is 0 Å². The first-order valence-electron chi connectivity index (χ1n) is 9.98. The number of fused-ring (bicyclic) bond motifs is 1. The van der Waals surface area contributed by atoms with E-state index in [1.54, 1.807) is 0 Å². The summed E-state index contributed by atoms with van der Waals surface area (Å²) in [6.45, 7) is 3.69. The van der Waals surface area contributed by atoms with E-state index in [-0.39, 0.29) is 23.8 Å². The van der Waals surface area contributed by atoms with Crippen LogP contribution in [0.5, 0.6) is 0 Å². The molecule has 1 aromatic rings. The van der Waals surface area contributed by atoms with Crippen LogP contribution in [0.4, 0.5) is 0 Å². The number of hydrogen-bond donors (Lipinski definition) is 0. The van der Waals surface area contributed by atoms with E-state index < -0.39 is 0 Å². The summed E-state index contributed by atoms with van der Waals surface area (Å²) in [5.74, 6) is 0.463. The summed E-state index contributed by atoms with van der Waals surface area (Å²) < 4.78 is 5.52. The summed E-state index contributed by atoms with van der Waals surface area (Å²) in [6, 6.07) is 8.52. The average Bonchev–Trinajstić information content (AvgIpc) is 3.14. The van der Waals surface area contributed by atoms with Gasteiger partial charge in [0, 0.05) is 38.7 Å². The topological polar surface area (TPSA) is 49.9 Å². The number of amides is 2. The Kier molecular flexibility index (Phi) is 5.25. The minimum Gasteiger partial charge on any atom is -0.368 e. The second kappa shape index (κ2) is 7.78. The van der Waals surface area contributed by atoms with Gasteiger partial charge >= 0.3 is 0 Å². The molecule has 5 heteroatoms. The SMILES string of the molecule is O=C(C1CCN(C(=O)C2CCCO2)CC1)N1CCc2ccccc2CC1. The van der Waals surface area contributed by atoms with Gasteiger partial charge in [-0.05, 0) is 49.7 Å². The Bertz CT molecular complexity index is 634. The van der Waals surface area contributed by atoms with Crippen LogP contribution in [0.25, 0.3) is 0 Å². The standard InChI is InChI=1S/C21H28N2O3/c24-20(22-11-7-16-4-1-2-5-17(16)8-12-22)18-9-13-23(14-10-18)21(25)19-6-3-15-26-19/h1-2,4-5,18-19H,3,6-15H2. The third-order valence-electron chi connectivity index (χ3n) is 6.09. The molecule has 0 spiro atoms.